The lowest BCUT2D eigenvalue weighted by atomic mass is 10.1. The fourth-order valence-electron chi connectivity index (χ4n) is 1.10. The van der Waals surface area contributed by atoms with E-state index in [1.54, 1.807) is 0 Å². The lowest BCUT2D eigenvalue weighted by Gasteiger charge is -2.00. The minimum Gasteiger partial charge on any atom is -0.327 e. The van der Waals surface area contributed by atoms with Crippen LogP contribution in [-0.4, -0.2) is 6.54 Å². The molecular formula is C11H14ClN. The summed E-state index contributed by atoms with van der Waals surface area (Å²) < 4.78 is 0. The summed E-state index contributed by atoms with van der Waals surface area (Å²) in [6.07, 6.45) is 3.11. The molecular weight excluding hydrogens is 182 g/mol. The summed E-state index contributed by atoms with van der Waals surface area (Å²) in [6, 6.07) is 7.76. The normalized spacial score (nSPS) is 11.8. The first-order valence-corrected chi connectivity index (χ1v) is 4.79. The van der Waals surface area contributed by atoms with Crippen molar-refractivity contribution in [3.63, 3.8) is 0 Å². The maximum Gasteiger partial charge on any atom is 0.0406 e. The average Bonchev–Trinajstić information content (AvgIpc) is 2.17. The van der Waals surface area contributed by atoms with Gasteiger partial charge in [-0.15, -0.1) is 0 Å². The molecule has 0 aromatic heterocycles. The van der Waals surface area contributed by atoms with Gasteiger partial charge in [-0.05, 0) is 24.1 Å². The smallest absolute Gasteiger partial charge is 0.0406 e. The van der Waals surface area contributed by atoms with Gasteiger partial charge in [0.25, 0.3) is 0 Å². The van der Waals surface area contributed by atoms with E-state index in [-0.39, 0.29) is 0 Å². The van der Waals surface area contributed by atoms with E-state index in [0.29, 0.717) is 6.54 Å². The Morgan fingerprint density at radius 1 is 1.38 bits per heavy atom. The van der Waals surface area contributed by atoms with Crippen LogP contribution in [0.3, 0.4) is 0 Å². The molecule has 0 radical (unpaired) electrons. The Morgan fingerprint density at radius 3 is 2.46 bits per heavy atom. The third kappa shape index (κ3) is 3.21. The van der Waals surface area contributed by atoms with Crippen molar-refractivity contribution in [2.45, 2.75) is 13.3 Å². The Kier molecular flexibility index (Phi) is 4.00. The molecule has 2 N–H and O–H groups in total. The van der Waals surface area contributed by atoms with Crippen molar-refractivity contribution < 1.29 is 0 Å². The van der Waals surface area contributed by atoms with Crippen LogP contribution >= 0.6 is 11.6 Å². The SMILES string of the molecule is CCC(=Cc1ccc(Cl)cc1)CN. The highest BCUT2D eigenvalue weighted by Crippen LogP contribution is 2.13. The summed E-state index contributed by atoms with van der Waals surface area (Å²) >= 11 is 5.77. The molecule has 2 heteroatoms. The number of rotatable bonds is 3. The Labute approximate surface area is 84.2 Å². The second-order valence-electron chi connectivity index (χ2n) is 2.91. The van der Waals surface area contributed by atoms with Crippen molar-refractivity contribution in [3.8, 4) is 0 Å². The number of hydrogen-bond donors (Lipinski definition) is 1. The average molecular weight is 196 g/mol. The van der Waals surface area contributed by atoms with Gasteiger partial charge in [0, 0.05) is 11.6 Å². The molecule has 0 fully saturated rings. The summed E-state index contributed by atoms with van der Waals surface area (Å²) in [5.74, 6) is 0. The van der Waals surface area contributed by atoms with Crippen LogP contribution in [0.4, 0.5) is 0 Å². The van der Waals surface area contributed by atoms with Crippen LogP contribution in [0.5, 0.6) is 0 Å². The van der Waals surface area contributed by atoms with E-state index in [0.717, 1.165) is 17.0 Å². The molecule has 70 valence electrons. The highest BCUT2D eigenvalue weighted by molar-refractivity contribution is 6.30. The predicted octanol–water partition coefficient (Wildman–Crippen LogP) is 3.09. The zero-order valence-electron chi connectivity index (χ0n) is 7.76. The molecule has 13 heavy (non-hydrogen) atoms. The maximum atomic E-state index is 5.77. The molecule has 0 atom stereocenters. The summed E-state index contributed by atoms with van der Waals surface area (Å²) in [5.41, 5.74) is 7.98. The van der Waals surface area contributed by atoms with Crippen LogP contribution in [0.25, 0.3) is 6.08 Å². The number of nitrogens with two attached hydrogens (primary N) is 1. The van der Waals surface area contributed by atoms with Crippen LogP contribution in [0, 0.1) is 0 Å². The molecule has 0 heterocycles. The summed E-state index contributed by atoms with van der Waals surface area (Å²) in [4.78, 5) is 0. The molecule has 1 aromatic rings. The number of benzene rings is 1. The van der Waals surface area contributed by atoms with Crippen molar-refractivity contribution >= 4 is 17.7 Å². The minimum absolute atomic E-state index is 0.624. The molecule has 0 aliphatic heterocycles. The van der Waals surface area contributed by atoms with Gasteiger partial charge in [0.1, 0.15) is 0 Å². The molecule has 0 aliphatic rings. The quantitative estimate of drug-likeness (QED) is 0.788. The van der Waals surface area contributed by atoms with Crippen LogP contribution in [0.2, 0.25) is 5.02 Å². The van der Waals surface area contributed by atoms with Crippen molar-refractivity contribution in [2.75, 3.05) is 6.54 Å². The molecule has 0 saturated heterocycles. The summed E-state index contributed by atoms with van der Waals surface area (Å²) in [7, 11) is 0. The van der Waals surface area contributed by atoms with Gasteiger partial charge in [0.05, 0.1) is 0 Å². The molecule has 0 aliphatic carbocycles. The first kappa shape index (κ1) is 10.3. The largest absolute Gasteiger partial charge is 0.327 e. The monoisotopic (exact) mass is 195 g/mol. The third-order valence-corrected chi connectivity index (χ3v) is 2.21. The van der Waals surface area contributed by atoms with Crippen LogP contribution in [0.15, 0.2) is 29.8 Å². The Morgan fingerprint density at radius 2 is 2.00 bits per heavy atom. The van der Waals surface area contributed by atoms with Gasteiger partial charge in [0.15, 0.2) is 0 Å². The van der Waals surface area contributed by atoms with Gasteiger partial charge in [-0.2, -0.15) is 0 Å². The van der Waals surface area contributed by atoms with E-state index < -0.39 is 0 Å². The lowest BCUT2D eigenvalue weighted by Crippen LogP contribution is -2.01. The highest BCUT2D eigenvalue weighted by atomic mass is 35.5. The Balaban J connectivity index is 2.84. The van der Waals surface area contributed by atoms with Gasteiger partial charge >= 0.3 is 0 Å². The van der Waals surface area contributed by atoms with Crippen molar-refractivity contribution in [3.05, 3.63) is 40.4 Å². The lowest BCUT2D eigenvalue weighted by molar-refractivity contribution is 1.02. The van der Waals surface area contributed by atoms with E-state index in [4.69, 9.17) is 17.3 Å². The zero-order chi connectivity index (χ0) is 9.68. The van der Waals surface area contributed by atoms with Gasteiger partial charge < -0.3 is 5.73 Å². The second-order valence-corrected chi connectivity index (χ2v) is 3.35. The van der Waals surface area contributed by atoms with E-state index in [1.807, 2.05) is 24.3 Å². The van der Waals surface area contributed by atoms with Crippen molar-refractivity contribution in [1.82, 2.24) is 0 Å². The molecule has 0 amide bonds. The van der Waals surface area contributed by atoms with E-state index in [2.05, 4.69) is 13.0 Å². The Bertz CT molecular complexity index is 281. The topological polar surface area (TPSA) is 26.0 Å². The van der Waals surface area contributed by atoms with Gasteiger partial charge in [-0.25, -0.2) is 0 Å². The van der Waals surface area contributed by atoms with Crippen LogP contribution < -0.4 is 5.73 Å². The first-order chi connectivity index (χ1) is 6.26. The van der Waals surface area contributed by atoms with Gasteiger partial charge in [-0.1, -0.05) is 42.3 Å². The first-order valence-electron chi connectivity index (χ1n) is 4.41. The van der Waals surface area contributed by atoms with E-state index in [9.17, 15) is 0 Å². The standard InChI is InChI=1S/C11H14ClN/c1-2-9(8-13)7-10-3-5-11(12)6-4-10/h3-7H,2,8,13H2,1H3. The van der Waals surface area contributed by atoms with E-state index in [1.165, 1.54) is 5.57 Å². The van der Waals surface area contributed by atoms with Crippen LogP contribution in [0.1, 0.15) is 18.9 Å². The zero-order valence-corrected chi connectivity index (χ0v) is 8.51. The molecule has 1 aromatic carbocycles. The molecule has 1 rings (SSSR count). The van der Waals surface area contributed by atoms with Gasteiger partial charge in [-0.3, -0.25) is 0 Å². The van der Waals surface area contributed by atoms with E-state index >= 15 is 0 Å². The molecule has 0 spiro atoms. The van der Waals surface area contributed by atoms with Crippen molar-refractivity contribution in [1.29, 1.82) is 0 Å². The fraction of sp³-hybridized carbons (Fsp3) is 0.273. The third-order valence-electron chi connectivity index (χ3n) is 1.96. The summed E-state index contributed by atoms with van der Waals surface area (Å²) in [5, 5.41) is 0.767. The predicted molar refractivity (Wildman–Crippen MR) is 58.8 cm³/mol. The Hall–Kier alpha value is -0.790. The maximum absolute atomic E-state index is 5.77. The fourth-order valence-corrected chi connectivity index (χ4v) is 1.23. The van der Waals surface area contributed by atoms with Crippen molar-refractivity contribution in [2.24, 2.45) is 5.73 Å². The van der Waals surface area contributed by atoms with Gasteiger partial charge in [0.2, 0.25) is 0 Å². The minimum atomic E-state index is 0.624. The molecule has 0 unspecified atom stereocenters. The van der Waals surface area contributed by atoms with Crippen LogP contribution in [-0.2, 0) is 0 Å². The number of halogens is 1. The molecule has 0 saturated carbocycles. The number of hydrogen-bond acceptors (Lipinski definition) is 1. The second kappa shape index (κ2) is 5.05. The highest BCUT2D eigenvalue weighted by Gasteiger charge is 1.92. The molecule has 0 bridgehead atoms. The molecule has 1 nitrogen and oxygen atoms in total. The summed E-state index contributed by atoms with van der Waals surface area (Å²) in [6.45, 7) is 2.73.